The van der Waals surface area contributed by atoms with Crippen molar-refractivity contribution in [3.63, 3.8) is 0 Å². The highest BCUT2D eigenvalue weighted by Gasteiger charge is 2.17. The Kier molecular flexibility index (Phi) is 5.67. The summed E-state index contributed by atoms with van der Waals surface area (Å²) in [4.78, 5) is 4.42. The van der Waals surface area contributed by atoms with Crippen LogP contribution in [0.4, 0.5) is 0 Å². The molecule has 0 saturated heterocycles. The van der Waals surface area contributed by atoms with Gasteiger partial charge in [-0.3, -0.25) is 4.98 Å². The van der Waals surface area contributed by atoms with Gasteiger partial charge in [-0.1, -0.05) is 31.0 Å². The summed E-state index contributed by atoms with van der Waals surface area (Å²) in [5.74, 6) is 0. The minimum atomic E-state index is -3.52. The Morgan fingerprint density at radius 2 is 1.81 bits per heavy atom. The van der Waals surface area contributed by atoms with Crippen molar-refractivity contribution < 1.29 is 8.42 Å². The first-order valence-corrected chi connectivity index (χ1v) is 8.67. The molecule has 0 spiro atoms. The van der Waals surface area contributed by atoms with Gasteiger partial charge in [-0.05, 0) is 31.5 Å². The van der Waals surface area contributed by atoms with Crippen LogP contribution < -0.4 is 10.5 Å². The van der Waals surface area contributed by atoms with Gasteiger partial charge in [0.15, 0.2) is 0 Å². The molecule has 0 fully saturated rings. The number of sulfonamides is 1. The molecule has 2 rings (SSSR count). The van der Waals surface area contributed by atoms with Crippen molar-refractivity contribution in [2.75, 3.05) is 13.1 Å². The highest BCUT2D eigenvalue weighted by atomic mass is 32.2. The van der Waals surface area contributed by atoms with Crippen LogP contribution in [0.2, 0.25) is 0 Å². The van der Waals surface area contributed by atoms with E-state index < -0.39 is 10.0 Å². The molecule has 21 heavy (non-hydrogen) atoms. The number of fused-ring (bicyclic) bond motifs is 1. The molecule has 0 saturated carbocycles. The second-order valence-electron chi connectivity index (χ2n) is 4.93. The molecule has 1 heterocycles. The summed E-state index contributed by atoms with van der Waals surface area (Å²) >= 11 is 0. The number of nitrogens with two attached hydrogens (primary N) is 1. The molecular formula is C15H21N3O2S. The zero-order valence-electron chi connectivity index (χ0n) is 12.0. The molecule has 0 atom stereocenters. The molecule has 3 N–H and O–H groups in total. The van der Waals surface area contributed by atoms with E-state index in [1.54, 1.807) is 24.4 Å². The quantitative estimate of drug-likeness (QED) is 0.731. The van der Waals surface area contributed by atoms with E-state index in [0.717, 1.165) is 31.1 Å². The van der Waals surface area contributed by atoms with Crippen LogP contribution in [0.5, 0.6) is 0 Å². The number of unbranched alkanes of at least 4 members (excludes halogenated alkanes) is 3. The molecule has 5 nitrogen and oxygen atoms in total. The van der Waals surface area contributed by atoms with Crippen LogP contribution in [0.3, 0.4) is 0 Å². The van der Waals surface area contributed by atoms with E-state index in [0.29, 0.717) is 18.6 Å². The van der Waals surface area contributed by atoms with Gasteiger partial charge >= 0.3 is 0 Å². The lowest BCUT2D eigenvalue weighted by Crippen LogP contribution is -2.25. The van der Waals surface area contributed by atoms with Crippen molar-refractivity contribution in [1.82, 2.24) is 9.71 Å². The molecule has 0 aliphatic rings. The average molecular weight is 307 g/mol. The van der Waals surface area contributed by atoms with Gasteiger partial charge in [0, 0.05) is 18.1 Å². The second kappa shape index (κ2) is 7.49. The van der Waals surface area contributed by atoms with Crippen molar-refractivity contribution in [2.45, 2.75) is 30.6 Å². The Labute approximate surface area is 125 Å². The predicted molar refractivity (Wildman–Crippen MR) is 84.5 cm³/mol. The number of rotatable bonds is 8. The summed E-state index contributed by atoms with van der Waals surface area (Å²) in [6, 6.07) is 8.83. The van der Waals surface area contributed by atoms with E-state index in [2.05, 4.69) is 9.71 Å². The van der Waals surface area contributed by atoms with Crippen molar-refractivity contribution in [3.05, 3.63) is 36.5 Å². The Balaban J connectivity index is 2.05. The number of nitrogens with one attached hydrogen (secondary N) is 1. The standard InChI is InChI=1S/C15H21N3O2S/c16-10-3-1-2-4-12-18-21(19,20)14-9-5-7-13-8-6-11-17-15(13)14/h5-9,11,18H,1-4,10,12,16H2. The molecule has 114 valence electrons. The zero-order valence-corrected chi connectivity index (χ0v) is 12.8. The monoisotopic (exact) mass is 307 g/mol. The smallest absolute Gasteiger partial charge is 0.242 e. The summed E-state index contributed by atoms with van der Waals surface area (Å²) in [6.45, 7) is 1.13. The molecule has 0 aliphatic carbocycles. The fourth-order valence-electron chi connectivity index (χ4n) is 2.20. The molecule has 1 aromatic heterocycles. The first-order valence-electron chi connectivity index (χ1n) is 7.18. The normalized spacial score (nSPS) is 11.9. The second-order valence-corrected chi connectivity index (χ2v) is 6.67. The average Bonchev–Trinajstić information content (AvgIpc) is 2.50. The van der Waals surface area contributed by atoms with E-state index in [1.165, 1.54) is 0 Å². The number of benzene rings is 1. The topological polar surface area (TPSA) is 85.1 Å². The molecule has 0 aliphatic heterocycles. The van der Waals surface area contributed by atoms with Gasteiger partial charge in [-0.15, -0.1) is 0 Å². The third kappa shape index (κ3) is 4.23. The maximum absolute atomic E-state index is 12.4. The summed E-state index contributed by atoms with van der Waals surface area (Å²) in [6.07, 6.45) is 5.42. The van der Waals surface area contributed by atoms with Crippen LogP contribution in [0.25, 0.3) is 10.9 Å². The number of hydrogen-bond donors (Lipinski definition) is 2. The summed E-state index contributed by atoms with van der Waals surface area (Å²) in [7, 11) is -3.52. The fourth-order valence-corrected chi connectivity index (χ4v) is 3.45. The molecule has 1 aromatic carbocycles. The van der Waals surface area contributed by atoms with E-state index >= 15 is 0 Å². The van der Waals surface area contributed by atoms with Gasteiger partial charge in [-0.25, -0.2) is 13.1 Å². The van der Waals surface area contributed by atoms with Crippen molar-refractivity contribution >= 4 is 20.9 Å². The number of para-hydroxylation sites is 1. The Bertz CT molecular complexity index is 681. The molecule has 0 unspecified atom stereocenters. The van der Waals surface area contributed by atoms with Crippen LogP contribution in [0.1, 0.15) is 25.7 Å². The molecule has 6 heteroatoms. The summed E-state index contributed by atoms with van der Waals surface area (Å²) < 4.78 is 27.4. The van der Waals surface area contributed by atoms with E-state index in [1.807, 2.05) is 12.1 Å². The third-order valence-corrected chi connectivity index (χ3v) is 4.80. The van der Waals surface area contributed by atoms with Gasteiger partial charge in [0.2, 0.25) is 10.0 Å². The highest BCUT2D eigenvalue weighted by molar-refractivity contribution is 7.89. The van der Waals surface area contributed by atoms with Crippen LogP contribution in [0.15, 0.2) is 41.4 Å². The van der Waals surface area contributed by atoms with Gasteiger partial charge in [0.1, 0.15) is 4.90 Å². The summed E-state index contributed by atoms with van der Waals surface area (Å²) in [5.41, 5.74) is 5.93. The maximum atomic E-state index is 12.4. The number of pyridine rings is 1. The predicted octanol–water partition coefficient (Wildman–Crippen LogP) is 2.03. The number of nitrogens with zero attached hydrogens (tertiary/aromatic N) is 1. The lowest BCUT2D eigenvalue weighted by molar-refractivity contribution is 0.573. The van der Waals surface area contributed by atoms with Gasteiger partial charge in [0.25, 0.3) is 0 Å². The lowest BCUT2D eigenvalue weighted by Gasteiger charge is -2.08. The molecular weight excluding hydrogens is 286 g/mol. The van der Waals surface area contributed by atoms with Crippen LogP contribution in [-0.2, 0) is 10.0 Å². The Morgan fingerprint density at radius 3 is 2.62 bits per heavy atom. The van der Waals surface area contributed by atoms with Gasteiger partial charge < -0.3 is 5.73 Å². The lowest BCUT2D eigenvalue weighted by atomic mass is 10.2. The Morgan fingerprint density at radius 1 is 1.05 bits per heavy atom. The largest absolute Gasteiger partial charge is 0.330 e. The van der Waals surface area contributed by atoms with E-state index in [4.69, 9.17) is 5.73 Å². The van der Waals surface area contributed by atoms with Crippen LogP contribution >= 0.6 is 0 Å². The van der Waals surface area contributed by atoms with E-state index in [-0.39, 0.29) is 4.90 Å². The van der Waals surface area contributed by atoms with Crippen molar-refractivity contribution in [3.8, 4) is 0 Å². The van der Waals surface area contributed by atoms with E-state index in [9.17, 15) is 8.42 Å². The Hall–Kier alpha value is -1.50. The first kappa shape index (κ1) is 15.9. The van der Waals surface area contributed by atoms with Crippen molar-refractivity contribution in [1.29, 1.82) is 0 Å². The molecule has 0 amide bonds. The minimum Gasteiger partial charge on any atom is -0.330 e. The summed E-state index contributed by atoms with van der Waals surface area (Å²) in [5, 5.41) is 0.823. The SMILES string of the molecule is NCCCCCCNS(=O)(=O)c1cccc2cccnc12. The first-order chi connectivity index (χ1) is 10.1. The van der Waals surface area contributed by atoms with Gasteiger partial charge in [-0.2, -0.15) is 0 Å². The third-order valence-electron chi connectivity index (χ3n) is 3.31. The fraction of sp³-hybridized carbons (Fsp3) is 0.400. The zero-order chi connectivity index (χ0) is 15.1. The number of hydrogen-bond acceptors (Lipinski definition) is 4. The highest BCUT2D eigenvalue weighted by Crippen LogP contribution is 2.20. The van der Waals surface area contributed by atoms with Crippen LogP contribution in [-0.4, -0.2) is 26.5 Å². The maximum Gasteiger partial charge on any atom is 0.242 e. The minimum absolute atomic E-state index is 0.238. The number of aromatic nitrogens is 1. The molecule has 0 bridgehead atoms. The molecule has 0 radical (unpaired) electrons. The van der Waals surface area contributed by atoms with Gasteiger partial charge in [0.05, 0.1) is 5.52 Å². The van der Waals surface area contributed by atoms with Crippen LogP contribution in [0, 0.1) is 0 Å². The molecule has 2 aromatic rings. The van der Waals surface area contributed by atoms with Crippen molar-refractivity contribution in [2.24, 2.45) is 5.73 Å².